The van der Waals surface area contributed by atoms with E-state index in [1.165, 1.54) is 14.0 Å². The molecule has 0 saturated carbocycles. The molecular formula is C5H10O4S. The number of carboxylic acids is 1. The summed E-state index contributed by atoms with van der Waals surface area (Å²) in [6.07, 6.45) is 0. The highest BCUT2D eigenvalue weighted by atomic mass is 32.2. The zero-order valence-electron chi connectivity index (χ0n) is 5.86. The van der Waals surface area contributed by atoms with E-state index in [1.807, 2.05) is 0 Å². The average molecular weight is 166 g/mol. The van der Waals surface area contributed by atoms with Crippen LogP contribution in [0.1, 0.15) is 6.92 Å². The van der Waals surface area contributed by atoms with Crippen LogP contribution in [0.3, 0.4) is 0 Å². The number of rotatable bonds is 4. The summed E-state index contributed by atoms with van der Waals surface area (Å²) in [4.78, 5) is 10.2. The lowest BCUT2D eigenvalue weighted by atomic mass is 10.5. The molecule has 0 heterocycles. The van der Waals surface area contributed by atoms with Crippen LogP contribution < -0.4 is 0 Å². The summed E-state index contributed by atoms with van der Waals surface area (Å²) in [5.41, 5.74) is 0. The van der Waals surface area contributed by atoms with Crippen molar-refractivity contribution >= 4 is 16.8 Å². The monoisotopic (exact) mass is 166 g/mol. The molecule has 0 radical (unpaired) electrons. The van der Waals surface area contributed by atoms with Crippen LogP contribution in [-0.4, -0.2) is 33.6 Å². The van der Waals surface area contributed by atoms with Crippen molar-refractivity contribution in [1.29, 1.82) is 0 Å². The van der Waals surface area contributed by atoms with Crippen molar-refractivity contribution in [1.82, 2.24) is 0 Å². The maximum Gasteiger partial charge on any atom is 0.319 e. The van der Waals surface area contributed by atoms with Crippen molar-refractivity contribution in [3.05, 3.63) is 0 Å². The Morgan fingerprint density at radius 2 is 2.30 bits per heavy atom. The van der Waals surface area contributed by atoms with Gasteiger partial charge in [0, 0.05) is 7.11 Å². The van der Waals surface area contributed by atoms with Gasteiger partial charge in [-0.15, -0.1) is 0 Å². The van der Waals surface area contributed by atoms with Gasteiger partial charge in [-0.2, -0.15) is 0 Å². The fraction of sp³-hybridized carbons (Fsp3) is 0.800. The summed E-state index contributed by atoms with van der Waals surface area (Å²) < 4.78 is 15.3. The third-order valence-electron chi connectivity index (χ3n) is 0.976. The second kappa shape index (κ2) is 4.40. The van der Waals surface area contributed by atoms with Crippen molar-refractivity contribution < 1.29 is 18.8 Å². The van der Waals surface area contributed by atoms with Gasteiger partial charge >= 0.3 is 5.97 Å². The van der Waals surface area contributed by atoms with Gasteiger partial charge in [-0.1, -0.05) is 0 Å². The molecule has 2 atom stereocenters. The molecule has 0 aromatic heterocycles. The number of hydrogen-bond acceptors (Lipinski definition) is 3. The Morgan fingerprint density at radius 3 is 2.60 bits per heavy atom. The molecule has 0 aromatic carbocycles. The zero-order valence-corrected chi connectivity index (χ0v) is 6.68. The molecule has 0 aliphatic rings. The molecule has 2 unspecified atom stereocenters. The minimum atomic E-state index is -1.42. The van der Waals surface area contributed by atoms with E-state index in [4.69, 9.17) is 5.11 Å². The largest absolute Gasteiger partial charge is 0.480 e. The number of methoxy groups -OCH3 is 1. The van der Waals surface area contributed by atoms with E-state index in [9.17, 15) is 9.00 Å². The predicted molar refractivity (Wildman–Crippen MR) is 37.1 cm³/mol. The molecule has 0 bridgehead atoms. The average Bonchev–Trinajstić information content (AvgIpc) is 1.87. The maximum atomic E-state index is 10.8. The van der Waals surface area contributed by atoms with Gasteiger partial charge in [0.2, 0.25) is 0 Å². The predicted octanol–water partition coefficient (Wildman–Crippen LogP) is -0.188. The Kier molecular flexibility index (Phi) is 4.22. The summed E-state index contributed by atoms with van der Waals surface area (Å²) >= 11 is 0. The molecule has 0 saturated heterocycles. The van der Waals surface area contributed by atoms with E-state index in [0.29, 0.717) is 0 Å². The summed E-state index contributed by atoms with van der Waals surface area (Å²) in [7, 11) is -0.0352. The SMILES string of the molecule is COCS(=O)C(C)C(=O)O. The fourth-order valence-corrected chi connectivity index (χ4v) is 0.992. The molecule has 0 spiro atoms. The second-order valence-corrected chi connectivity index (χ2v) is 3.47. The van der Waals surface area contributed by atoms with Gasteiger partial charge in [-0.3, -0.25) is 9.00 Å². The van der Waals surface area contributed by atoms with E-state index in [-0.39, 0.29) is 5.94 Å². The first-order valence-electron chi connectivity index (χ1n) is 2.68. The van der Waals surface area contributed by atoms with E-state index in [1.54, 1.807) is 0 Å². The number of carbonyl (C=O) groups is 1. The van der Waals surface area contributed by atoms with Gasteiger partial charge in [-0.05, 0) is 6.92 Å². The van der Waals surface area contributed by atoms with E-state index in [0.717, 1.165) is 0 Å². The van der Waals surface area contributed by atoms with Crippen LogP contribution in [0, 0.1) is 0 Å². The fourth-order valence-electron chi connectivity index (χ4n) is 0.331. The van der Waals surface area contributed by atoms with Crippen LogP contribution in [0.25, 0.3) is 0 Å². The number of aliphatic carboxylic acids is 1. The van der Waals surface area contributed by atoms with Gasteiger partial charge in [-0.25, -0.2) is 0 Å². The summed E-state index contributed by atoms with van der Waals surface area (Å²) in [5, 5.41) is 7.48. The molecule has 0 amide bonds. The van der Waals surface area contributed by atoms with Crippen molar-refractivity contribution in [2.75, 3.05) is 13.0 Å². The molecule has 0 rings (SSSR count). The first-order valence-corrected chi connectivity index (χ1v) is 4.06. The molecule has 0 aliphatic carbocycles. The molecule has 1 N–H and O–H groups in total. The molecular weight excluding hydrogens is 156 g/mol. The van der Waals surface area contributed by atoms with Crippen molar-refractivity contribution in [2.24, 2.45) is 0 Å². The van der Waals surface area contributed by atoms with Gasteiger partial charge in [0.25, 0.3) is 0 Å². The molecule has 0 fully saturated rings. The van der Waals surface area contributed by atoms with Crippen molar-refractivity contribution in [3.63, 3.8) is 0 Å². The molecule has 5 heteroatoms. The Bertz CT molecular complexity index is 145. The molecule has 60 valence electrons. The summed E-state index contributed by atoms with van der Waals surface area (Å²) in [5.74, 6) is -1.08. The zero-order chi connectivity index (χ0) is 8.15. The quantitative estimate of drug-likeness (QED) is 0.628. The topological polar surface area (TPSA) is 63.6 Å². The van der Waals surface area contributed by atoms with Crippen molar-refractivity contribution in [2.45, 2.75) is 12.2 Å². The minimum Gasteiger partial charge on any atom is -0.480 e. The van der Waals surface area contributed by atoms with Gasteiger partial charge in [0.1, 0.15) is 11.2 Å². The first-order chi connectivity index (χ1) is 4.59. The second-order valence-electron chi connectivity index (χ2n) is 1.77. The van der Waals surface area contributed by atoms with Crippen molar-refractivity contribution in [3.8, 4) is 0 Å². The van der Waals surface area contributed by atoms with Crippen LogP contribution in [0.4, 0.5) is 0 Å². The Hall–Kier alpha value is -0.420. The molecule has 4 nitrogen and oxygen atoms in total. The van der Waals surface area contributed by atoms with Crippen LogP contribution in [0.5, 0.6) is 0 Å². The highest BCUT2D eigenvalue weighted by Crippen LogP contribution is 1.95. The lowest BCUT2D eigenvalue weighted by Crippen LogP contribution is -2.24. The standard InChI is InChI=1S/C5H10O4S/c1-4(5(6)7)10(8)3-9-2/h4H,3H2,1-2H3,(H,6,7). The highest BCUT2D eigenvalue weighted by Gasteiger charge is 2.17. The first kappa shape index (κ1) is 9.58. The molecule has 0 aromatic rings. The Labute approximate surface area is 61.6 Å². The van der Waals surface area contributed by atoms with E-state index >= 15 is 0 Å². The normalized spacial score (nSPS) is 16.2. The summed E-state index contributed by atoms with van der Waals surface area (Å²) in [6.45, 7) is 1.39. The molecule has 0 aliphatic heterocycles. The smallest absolute Gasteiger partial charge is 0.319 e. The maximum absolute atomic E-state index is 10.8. The lowest BCUT2D eigenvalue weighted by molar-refractivity contribution is -0.136. The van der Waals surface area contributed by atoms with Gasteiger partial charge < -0.3 is 9.84 Å². The lowest BCUT2D eigenvalue weighted by Gasteiger charge is -2.03. The third-order valence-corrected chi connectivity index (χ3v) is 2.43. The van der Waals surface area contributed by atoms with Crippen LogP contribution in [0.15, 0.2) is 0 Å². The minimum absolute atomic E-state index is 0.0204. The van der Waals surface area contributed by atoms with Gasteiger partial charge in [0.15, 0.2) is 0 Å². The van der Waals surface area contributed by atoms with E-state index < -0.39 is 22.0 Å². The third kappa shape index (κ3) is 2.93. The van der Waals surface area contributed by atoms with Gasteiger partial charge in [0.05, 0.1) is 10.8 Å². The number of hydrogen-bond donors (Lipinski definition) is 1. The summed E-state index contributed by atoms with van der Waals surface area (Å²) in [6, 6.07) is 0. The molecule has 10 heavy (non-hydrogen) atoms. The van der Waals surface area contributed by atoms with Crippen LogP contribution in [0.2, 0.25) is 0 Å². The number of ether oxygens (including phenoxy) is 1. The van der Waals surface area contributed by atoms with E-state index in [2.05, 4.69) is 4.74 Å². The van der Waals surface area contributed by atoms with Crippen LogP contribution >= 0.6 is 0 Å². The Morgan fingerprint density at radius 1 is 1.80 bits per heavy atom. The number of carboxylic acid groups (broad SMARTS) is 1. The highest BCUT2D eigenvalue weighted by molar-refractivity contribution is 7.86. The van der Waals surface area contributed by atoms with Crippen LogP contribution in [-0.2, 0) is 20.3 Å². The Balaban J connectivity index is 3.82.